The fourth-order valence-electron chi connectivity index (χ4n) is 3.22. The molecule has 4 nitrogen and oxygen atoms in total. The average Bonchev–Trinajstić information content (AvgIpc) is 3.25. The van der Waals surface area contributed by atoms with Crippen LogP contribution in [-0.2, 0) is 11.3 Å². The van der Waals surface area contributed by atoms with E-state index in [4.69, 9.17) is 11.6 Å². The fourth-order valence-corrected chi connectivity index (χ4v) is 3.42. The number of hydrogen-bond acceptors (Lipinski definition) is 2. The van der Waals surface area contributed by atoms with Crippen molar-refractivity contribution in [1.29, 1.82) is 0 Å². The summed E-state index contributed by atoms with van der Waals surface area (Å²) in [5.74, 6) is 0.423. The van der Waals surface area contributed by atoms with E-state index in [0.717, 1.165) is 28.3 Å². The molecule has 1 heterocycles. The molecule has 1 aliphatic carbocycles. The summed E-state index contributed by atoms with van der Waals surface area (Å²) in [6.45, 7) is 0.506. The van der Waals surface area contributed by atoms with E-state index >= 15 is 0 Å². The summed E-state index contributed by atoms with van der Waals surface area (Å²) < 4.78 is 1.95. The molecule has 4 rings (SSSR count). The predicted molar refractivity (Wildman–Crippen MR) is 97.7 cm³/mol. The number of amides is 1. The highest BCUT2D eigenvalue weighted by atomic mass is 35.5. The van der Waals surface area contributed by atoms with Gasteiger partial charge in [-0.3, -0.25) is 4.79 Å². The summed E-state index contributed by atoms with van der Waals surface area (Å²) in [6.07, 6.45) is 6.29. The first kappa shape index (κ1) is 15.9. The Balaban J connectivity index is 1.41. The van der Waals surface area contributed by atoms with Crippen molar-refractivity contribution in [3.63, 3.8) is 0 Å². The minimum Gasteiger partial charge on any atom is -0.352 e. The highest BCUT2D eigenvalue weighted by molar-refractivity contribution is 6.30. The van der Waals surface area contributed by atoms with Crippen molar-refractivity contribution in [2.75, 3.05) is 0 Å². The van der Waals surface area contributed by atoms with Gasteiger partial charge in [-0.2, -0.15) is 0 Å². The first-order valence-corrected chi connectivity index (χ1v) is 8.69. The van der Waals surface area contributed by atoms with E-state index in [9.17, 15) is 4.79 Å². The lowest BCUT2D eigenvalue weighted by Gasteiger charge is -2.11. The van der Waals surface area contributed by atoms with Crippen LogP contribution in [0.5, 0.6) is 0 Å². The molecule has 2 aromatic carbocycles. The van der Waals surface area contributed by atoms with Gasteiger partial charge < -0.3 is 9.88 Å². The zero-order valence-electron chi connectivity index (χ0n) is 13.6. The quantitative estimate of drug-likeness (QED) is 0.756. The number of carbonyl (C=O) groups is 1. The van der Waals surface area contributed by atoms with Gasteiger partial charge in [0.25, 0.3) is 0 Å². The summed E-state index contributed by atoms with van der Waals surface area (Å²) >= 11 is 6.04. The first-order valence-electron chi connectivity index (χ1n) is 8.32. The largest absolute Gasteiger partial charge is 0.352 e. The standard InChI is InChI=1S/C20H18ClN3O/c21-16-6-3-5-14(10-16)17-11-18(17)20(25)23-12-15-4-1-2-7-19(15)24-9-8-22-13-24/h1-10,13,17-18H,11-12H2,(H,23,25)/t17-,18+/m0/s1. The number of nitrogens with one attached hydrogen (secondary N) is 1. The Labute approximate surface area is 151 Å². The number of carbonyl (C=O) groups excluding carboxylic acids is 1. The van der Waals surface area contributed by atoms with E-state index in [1.54, 1.807) is 12.5 Å². The van der Waals surface area contributed by atoms with E-state index in [1.807, 2.05) is 59.3 Å². The molecule has 0 aliphatic heterocycles. The van der Waals surface area contributed by atoms with Crippen LogP contribution in [0.2, 0.25) is 5.02 Å². The van der Waals surface area contributed by atoms with Crippen molar-refractivity contribution in [3.8, 4) is 5.69 Å². The van der Waals surface area contributed by atoms with Crippen LogP contribution in [-0.4, -0.2) is 15.5 Å². The fraction of sp³-hybridized carbons (Fsp3) is 0.200. The number of halogens is 1. The third kappa shape index (κ3) is 3.44. The van der Waals surface area contributed by atoms with Gasteiger partial charge >= 0.3 is 0 Å². The molecule has 1 saturated carbocycles. The lowest BCUT2D eigenvalue weighted by Crippen LogP contribution is -2.25. The summed E-state index contributed by atoms with van der Waals surface area (Å²) in [5, 5.41) is 3.79. The maximum atomic E-state index is 12.5. The molecular weight excluding hydrogens is 334 g/mol. The van der Waals surface area contributed by atoms with Crippen LogP contribution in [0.4, 0.5) is 0 Å². The summed E-state index contributed by atoms with van der Waals surface area (Å²) in [4.78, 5) is 16.6. The van der Waals surface area contributed by atoms with Crippen molar-refractivity contribution in [3.05, 3.63) is 83.4 Å². The Morgan fingerprint density at radius 3 is 2.92 bits per heavy atom. The summed E-state index contributed by atoms with van der Waals surface area (Å²) in [6, 6.07) is 15.8. The van der Waals surface area contributed by atoms with Crippen molar-refractivity contribution < 1.29 is 4.79 Å². The van der Waals surface area contributed by atoms with Crippen LogP contribution in [0.15, 0.2) is 67.3 Å². The van der Waals surface area contributed by atoms with Crippen LogP contribution in [0.1, 0.15) is 23.5 Å². The van der Waals surface area contributed by atoms with Gasteiger partial charge in [-0.1, -0.05) is 41.9 Å². The minimum absolute atomic E-state index is 0.0406. The Kier molecular flexibility index (Phi) is 4.28. The number of benzene rings is 2. The lowest BCUT2D eigenvalue weighted by atomic mass is 10.1. The Hall–Kier alpha value is -2.59. The monoisotopic (exact) mass is 351 g/mol. The molecule has 0 bridgehead atoms. The van der Waals surface area contributed by atoms with Crippen molar-refractivity contribution in [2.24, 2.45) is 5.92 Å². The average molecular weight is 352 g/mol. The normalized spacial score (nSPS) is 18.8. The number of nitrogens with zero attached hydrogens (tertiary/aromatic N) is 2. The molecular formula is C20H18ClN3O. The van der Waals surface area contributed by atoms with Crippen molar-refractivity contribution >= 4 is 17.5 Å². The van der Waals surface area contributed by atoms with Gasteiger partial charge in [0, 0.05) is 29.9 Å². The molecule has 0 radical (unpaired) electrons. The van der Waals surface area contributed by atoms with Gasteiger partial charge in [0.1, 0.15) is 0 Å². The van der Waals surface area contributed by atoms with Crippen LogP contribution < -0.4 is 5.32 Å². The van der Waals surface area contributed by atoms with Gasteiger partial charge in [0.05, 0.1) is 12.0 Å². The molecule has 0 spiro atoms. The minimum atomic E-state index is 0.0406. The molecule has 1 N–H and O–H groups in total. The number of imidazole rings is 1. The predicted octanol–water partition coefficient (Wildman–Crippen LogP) is 3.95. The van der Waals surface area contributed by atoms with Crippen molar-refractivity contribution in [2.45, 2.75) is 18.9 Å². The molecule has 25 heavy (non-hydrogen) atoms. The summed E-state index contributed by atoms with van der Waals surface area (Å²) in [5.41, 5.74) is 3.24. The molecule has 5 heteroatoms. The van der Waals surface area contributed by atoms with E-state index in [0.29, 0.717) is 6.54 Å². The van der Waals surface area contributed by atoms with Crippen molar-refractivity contribution in [1.82, 2.24) is 14.9 Å². The molecule has 1 amide bonds. The highest BCUT2D eigenvalue weighted by Gasteiger charge is 2.43. The SMILES string of the molecule is O=C(NCc1ccccc1-n1ccnc1)[C@@H]1C[C@H]1c1cccc(Cl)c1. The van der Waals surface area contributed by atoms with Gasteiger partial charge in [-0.05, 0) is 41.7 Å². The van der Waals surface area contributed by atoms with Crippen LogP contribution in [0, 0.1) is 5.92 Å². The Bertz CT molecular complexity index is 891. The number of aromatic nitrogens is 2. The molecule has 1 fully saturated rings. The third-order valence-corrected chi connectivity index (χ3v) is 4.87. The second kappa shape index (κ2) is 6.73. The van der Waals surface area contributed by atoms with E-state index < -0.39 is 0 Å². The number of para-hydroxylation sites is 1. The molecule has 1 aliphatic rings. The number of hydrogen-bond donors (Lipinski definition) is 1. The highest BCUT2D eigenvalue weighted by Crippen LogP contribution is 2.47. The van der Waals surface area contributed by atoms with E-state index in [-0.39, 0.29) is 17.7 Å². The Morgan fingerprint density at radius 1 is 1.24 bits per heavy atom. The first-order chi connectivity index (χ1) is 12.2. The zero-order chi connectivity index (χ0) is 17.2. The lowest BCUT2D eigenvalue weighted by molar-refractivity contribution is -0.122. The molecule has 3 aromatic rings. The number of rotatable bonds is 5. The molecule has 0 saturated heterocycles. The maximum absolute atomic E-state index is 12.5. The maximum Gasteiger partial charge on any atom is 0.224 e. The van der Waals surface area contributed by atoms with E-state index in [2.05, 4.69) is 10.3 Å². The van der Waals surface area contributed by atoms with E-state index in [1.165, 1.54) is 0 Å². The van der Waals surface area contributed by atoms with Gasteiger partial charge in [0.2, 0.25) is 5.91 Å². The van der Waals surface area contributed by atoms with Crippen LogP contribution in [0.25, 0.3) is 5.69 Å². The molecule has 126 valence electrons. The zero-order valence-corrected chi connectivity index (χ0v) is 14.4. The molecule has 0 unspecified atom stereocenters. The Morgan fingerprint density at radius 2 is 2.12 bits per heavy atom. The smallest absolute Gasteiger partial charge is 0.224 e. The van der Waals surface area contributed by atoms with Gasteiger partial charge in [-0.25, -0.2) is 4.98 Å². The molecule has 2 atom stereocenters. The second-order valence-corrected chi connectivity index (χ2v) is 6.76. The topological polar surface area (TPSA) is 46.9 Å². The second-order valence-electron chi connectivity index (χ2n) is 6.32. The molecule has 1 aromatic heterocycles. The summed E-state index contributed by atoms with van der Waals surface area (Å²) in [7, 11) is 0. The third-order valence-electron chi connectivity index (χ3n) is 4.63. The van der Waals surface area contributed by atoms with Gasteiger partial charge in [0.15, 0.2) is 0 Å². The van der Waals surface area contributed by atoms with Crippen LogP contribution >= 0.6 is 11.6 Å². The van der Waals surface area contributed by atoms with Gasteiger partial charge in [-0.15, -0.1) is 0 Å². The van der Waals surface area contributed by atoms with Crippen LogP contribution in [0.3, 0.4) is 0 Å².